The Hall–Kier alpha value is -3.58. The third-order valence-corrected chi connectivity index (χ3v) is 6.59. The molecule has 3 aromatic rings. The summed E-state index contributed by atoms with van der Waals surface area (Å²) >= 11 is 0. The van der Waals surface area contributed by atoms with Gasteiger partial charge in [-0.3, -0.25) is 9.59 Å². The van der Waals surface area contributed by atoms with Crippen molar-refractivity contribution in [1.82, 2.24) is 9.80 Å². The van der Waals surface area contributed by atoms with Crippen molar-refractivity contribution in [2.24, 2.45) is 0 Å². The predicted octanol–water partition coefficient (Wildman–Crippen LogP) is 3.44. The van der Waals surface area contributed by atoms with Crippen LogP contribution in [0.2, 0.25) is 0 Å². The quantitative estimate of drug-likeness (QED) is 0.665. The number of halogens is 2. The molecule has 0 radical (unpaired) electrons. The van der Waals surface area contributed by atoms with E-state index in [1.165, 1.54) is 29.2 Å². The average molecular weight is 448 g/mol. The second kappa shape index (κ2) is 8.41. The zero-order valence-electron chi connectivity index (χ0n) is 17.7. The summed E-state index contributed by atoms with van der Waals surface area (Å²) in [6, 6.07) is 18.7. The van der Waals surface area contributed by atoms with Gasteiger partial charge in [0.1, 0.15) is 18.2 Å². The van der Waals surface area contributed by atoms with Crippen LogP contribution in [0.1, 0.15) is 21.8 Å². The molecule has 168 valence electrons. The number of carbonyl (C=O) groups is 2. The molecule has 0 aromatic heterocycles. The summed E-state index contributed by atoms with van der Waals surface area (Å²) in [6.07, 6.45) is 0. The monoisotopic (exact) mass is 448 g/mol. The third-order valence-electron chi connectivity index (χ3n) is 6.59. The van der Waals surface area contributed by atoms with Crippen LogP contribution in [-0.4, -0.2) is 58.5 Å². The van der Waals surface area contributed by atoms with Gasteiger partial charge in [-0.2, -0.15) is 0 Å². The minimum absolute atomic E-state index is 0.110. The fourth-order valence-electron chi connectivity index (χ4n) is 5.04. The number of benzene rings is 3. The van der Waals surface area contributed by atoms with E-state index >= 15 is 0 Å². The topological polar surface area (TPSA) is 60.9 Å². The Kier molecular flexibility index (Phi) is 5.42. The first-order valence-corrected chi connectivity index (χ1v) is 10.8. The predicted molar refractivity (Wildman–Crippen MR) is 118 cm³/mol. The Labute approximate surface area is 189 Å². The molecule has 2 aliphatic rings. The van der Waals surface area contributed by atoms with Crippen molar-refractivity contribution in [1.29, 1.82) is 0 Å². The van der Waals surface area contributed by atoms with Crippen molar-refractivity contribution < 1.29 is 23.5 Å². The van der Waals surface area contributed by atoms with Gasteiger partial charge < -0.3 is 14.9 Å². The van der Waals surface area contributed by atoms with Gasteiger partial charge in [0.05, 0.1) is 18.7 Å². The Morgan fingerprint density at radius 2 is 1.76 bits per heavy atom. The minimum atomic E-state index is -0.511. The lowest BCUT2D eigenvalue weighted by Gasteiger charge is -2.58. The molecule has 3 aromatic carbocycles. The zero-order chi connectivity index (χ0) is 23.1. The fourth-order valence-corrected chi connectivity index (χ4v) is 5.04. The second-order valence-electron chi connectivity index (χ2n) is 8.44. The van der Waals surface area contributed by atoms with Gasteiger partial charge in [0, 0.05) is 23.6 Å². The molecule has 0 unspecified atom stereocenters. The fraction of sp³-hybridized carbons (Fsp3) is 0.231. The van der Waals surface area contributed by atoms with E-state index in [0.717, 1.165) is 17.2 Å². The van der Waals surface area contributed by atoms with Crippen LogP contribution in [0.3, 0.4) is 0 Å². The summed E-state index contributed by atoms with van der Waals surface area (Å²) in [5.41, 5.74) is 2.33. The van der Waals surface area contributed by atoms with Gasteiger partial charge in [0.15, 0.2) is 0 Å². The van der Waals surface area contributed by atoms with Crippen LogP contribution in [0.15, 0.2) is 72.8 Å². The lowest BCUT2D eigenvalue weighted by molar-refractivity contribution is -0.159. The Bertz CT molecular complexity index is 1210. The van der Waals surface area contributed by atoms with Gasteiger partial charge in [0.25, 0.3) is 5.91 Å². The van der Waals surface area contributed by atoms with Crippen LogP contribution in [0.4, 0.5) is 8.78 Å². The van der Waals surface area contributed by atoms with Crippen LogP contribution < -0.4 is 0 Å². The van der Waals surface area contributed by atoms with Gasteiger partial charge in [-0.25, -0.2) is 8.78 Å². The first-order chi connectivity index (χ1) is 16.0. The number of fused-ring (bicyclic) bond motifs is 1. The molecule has 0 saturated carbocycles. The maximum atomic E-state index is 14.1. The molecule has 2 fully saturated rings. The van der Waals surface area contributed by atoms with Crippen LogP contribution in [0.25, 0.3) is 11.1 Å². The number of aliphatic hydroxyl groups is 1. The molecule has 2 heterocycles. The Morgan fingerprint density at radius 1 is 1.00 bits per heavy atom. The zero-order valence-corrected chi connectivity index (χ0v) is 17.7. The summed E-state index contributed by atoms with van der Waals surface area (Å²) < 4.78 is 27.7. The SMILES string of the molecule is O=C(c1cccc(F)c1)N1CC(=O)N2[C@H](CO)[C@H](c3ccc(-c4ccccc4F)cc3)[C@@H]2C1. The van der Waals surface area contributed by atoms with Crippen molar-refractivity contribution >= 4 is 11.8 Å². The van der Waals surface area contributed by atoms with Gasteiger partial charge >= 0.3 is 0 Å². The highest BCUT2D eigenvalue weighted by molar-refractivity contribution is 5.97. The largest absolute Gasteiger partial charge is 0.394 e. The molecule has 0 aliphatic carbocycles. The third kappa shape index (κ3) is 3.68. The van der Waals surface area contributed by atoms with Gasteiger partial charge in [-0.1, -0.05) is 48.5 Å². The van der Waals surface area contributed by atoms with Crippen molar-refractivity contribution in [3.8, 4) is 11.1 Å². The number of nitrogens with zero attached hydrogens (tertiary/aromatic N) is 2. The highest BCUT2D eigenvalue weighted by Crippen LogP contribution is 2.43. The van der Waals surface area contributed by atoms with E-state index in [1.807, 2.05) is 24.3 Å². The molecular weight excluding hydrogens is 426 g/mol. The molecule has 0 bridgehead atoms. The minimum Gasteiger partial charge on any atom is -0.394 e. The second-order valence-corrected chi connectivity index (χ2v) is 8.44. The smallest absolute Gasteiger partial charge is 0.254 e. The van der Waals surface area contributed by atoms with Crippen LogP contribution in [-0.2, 0) is 4.79 Å². The number of piperazine rings is 1. The van der Waals surface area contributed by atoms with Crippen LogP contribution in [0, 0.1) is 11.6 Å². The number of aliphatic hydroxyl groups excluding tert-OH is 1. The van der Waals surface area contributed by atoms with Crippen LogP contribution in [0.5, 0.6) is 0 Å². The molecule has 33 heavy (non-hydrogen) atoms. The van der Waals surface area contributed by atoms with E-state index < -0.39 is 11.7 Å². The normalized spacial score (nSPS) is 22.0. The number of hydrogen-bond acceptors (Lipinski definition) is 3. The first kappa shape index (κ1) is 21.3. The number of carbonyl (C=O) groups excluding carboxylic acids is 2. The molecule has 5 nitrogen and oxygen atoms in total. The number of amides is 2. The van der Waals surface area contributed by atoms with Gasteiger partial charge in [-0.15, -0.1) is 0 Å². The highest BCUT2D eigenvalue weighted by atomic mass is 19.1. The highest BCUT2D eigenvalue weighted by Gasteiger charge is 2.54. The maximum absolute atomic E-state index is 14.1. The van der Waals surface area contributed by atoms with E-state index in [4.69, 9.17) is 0 Å². The van der Waals surface area contributed by atoms with Crippen molar-refractivity contribution in [2.75, 3.05) is 19.7 Å². The van der Waals surface area contributed by atoms with Crippen molar-refractivity contribution in [3.63, 3.8) is 0 Å². The molecule has 3 atom stereocenters. The van der Waals surface area contributed by atoms with Gasteiger partial charge in [0.2, 0.25) is 5.91 Å². The summed E-state index contributed by atoms with van der Waals surface area (Å²) in [5, 5.41) is 9.96. The number of rotatable bonds is 4. The summed E-state index contributed by atoms with van der Waals surface area (Å²) in [4.78, 5) is 28.8. The van der Waals surface area contributed by atoms with Crippen molar-refractivity contribution in [3.05, 3.63) is 95.6 Å². The summed E-state index contributed by atoms with van der Waals surface area (Å²) in [6.45, 7) is -0.0155. The van der Waals surface area contributed by atoms with E-state index in [1.54, 1.807) is 23.1 Å². The van der Waals surface area contributed by atoms with E-state index in [2.05, 4.69) is 0 Å². The van der Waals surface area contributed by atoms with E-state index in [0.29, 0.717) is 5.56 Å². The Morgan fingerprint density at radius 3 is 2.45 bits per heavy atom. The number of hydrogen-bond donors (Lipinski definition) is 1. The van der Waals surface area contributed by atoms with E-state index in [9.17, 15) is 23.5 Å². The molecule has 5 rings (SSSR count). The van der Waals surface area contributed by atoms with Crippen molar-refractivity contribution in [2.45, 2.75) is 18.0 Å². The molecular formula is C26H22F2N2O3. The molecule has 2 amide bonds. The maximum Gasteiger partial charge on any atom is 0.254 e. The lowest BCUT2D eigenvalue weighted by atomic mass is 9.73. The van der Waals surface area contributed by atoms with Gasteiger partial charge in [-0.05, 0) is 35.4 Å². The molecule has 1 N–H and O–H groups in total. The summed E-state index contributed by atoms with van der Waals surface area (Å²) in [7, 11) is 0. The van der Waals surface area contributed by atoms with Crippen LogP contribution >= 0.6 is 0 Å². The Balaban J connectivity index is 1.40. The molecule has 2 saturated heterocycles. The summed E-state index contributed by atoms with van der Waals surface area (Å²) in [5.74, 6) is -1.63. The molecule has 7 heteroatoms. The first-order valence-electron chi connectivity index (χ1n) is 10.8. The molecule has 0 spiro atoms. The average Bonchev–Trinajstić information content (AvgIpc) is 2.81. The lowest BCUT2D eigenvalue weighted by Crippen LogP contribution is -2.73. The standard InChI is InChI=1S/C26H22F2N2O3/c27-19-5-3-4-18(12-19)26(33)29-13-22-25(23(15-31)30(22)24(32)14-29)17-10-8-16(9-11-17)20-6-1-2-7-21(20)28/h1-12,22-23,25,31H,13-15H2/t22-,23+,25+/m0/s1. The van der Waals surface area contributed by atoms with E-state index in [-0.39, 0.29) is 55.0 Å². The molecule has 2 aliphatic heterocycles.